The van der Waals surface area contributed by atoms with Crippen LogP contribution in [0.3, 0.4) is 0 Å². The summed E-state index contributed by atoms with van der Waals surface area (Å²) in [5.74, 6) is -0.363. The van der Waals surface area contributed by atoms with Crippen LogP contribution in [0.25, 0.3) is 0 Å². The summed E-state index contributed by atoms with van der Waals surface area (Å²) in [5.41, 5.74) is 0. The highest BCUT2D eigenvalue weighted by Gasteiger charge is 2.45. The van der Waals surface area contributed by atoms with Crippen molar-refractivity contribution in [3.8, 4) is 0 Å². The highest BCUT2D eigenvalue weighted by Crippen LogP contribution is 2.23. The van der Waals surface area contributed by atoms with Gasteiger partial charge < -0.3 is 29.5 Å². The average Bonchev–Trinajstić information content (AvgIpc) is 2.68. The molecular formula is C21H40O7. The van der Waals surface area contributed by atoms with Crippen LogP contribution in [0, 0.1) is 0 Å². The number of aliphatic hydroxyl groups excluding tert-OH is 3. The third kappa shape index (κ3) is 9.65. The minimum Gasteiger partial charge on any atom is -0.463 e. The van der Waals surface area contributed by atoms with Crippen molar-refractivity contribution in [1.29, 1.82) is 0 Å². The lowest BCUT2D eigenvalue weighted by molar-refractivity contribution is -0.309. The number of esters is 1. The van der Waals surface area contributed by atoms with Gasteiger partial charge in [0.25, 0.3) is 0 Å². The molecule has 1 saturated heterocycles. The van der Waals surface area contributed by atoms with Gasteiger partial charge in [-0.15, -0.1) is 0 Å². The molecule has 0 aliphatic carbocycles. The summed E-state index contributed by atoms with van der Waals surface area (Å²) in [6.45, 7) is 3.86. The van der Waals surface area contributed by atoms with E-state index in [0.717, 1.165) is 38.5 Å². The maximum atomic E-state index is 11.9. The van der Waals surface area contributed by atoms with Crippen LogP contribution in [0.5, 0.6) is 0 Å². The van der Waals surface area contributed by atoms with E-state index in [1.807, 2.05) is 0 Å². The fourth-order valence-corrected chi connectivity index (χ4v) is 3.19. The molecule has 7 heteroatoms. The second-order valence-electron chi connectivity index (χ2n) is 7.81. The number of hydrogen-bond acceptors (Lipinski definition) is 7. The Morgan fingerprint density at radius 3 is 2.18 bits per heavy atom. The third-order valence-corrected chi connectivity index (χ3v) is 4.86. The minimum absolute atomic E-state index is 0.194. The summed E-state index contributed by atoms with van der Waals surface area (Å²) in [6, 6.07) is 0. The lowest BCUT2D eigenvalue weighted by atomic mass is 9.99. The van der Waals surface area contributed by atoms with E-state index in [9.17, 15) is 20.1 Å². The molecule has 0 aromatic carbocycles. The summed E-state index contributed by atoms with van der Waals surface area (Å²) >= 11 is 0. The van der Waals surface area contributed by atoms with Gasteiger partial charge in [-0.3, -0.25) is 4.79 Å². The molecule has 1 rings (SSSR count). The van der Waals surface area contributed by atoms with Gasteiger partial charge in [0.05, 0.1) is 6.10 Å². The van der Waals surface area contributed by atoms with Gasteiger partial charge in [0.15, 0.2) is 6.29 Å². The predicted molar refractivity (Wildman–Crippen MR) is 106 cm³/mol. The fourth-order valence-electron chi connectivity index (χ4n) is 3.19. The summed E-state index contributed by atoms with van der Waals surface area (Å²) in [7, 11) is 0. The lowest BCUT2D eigenvalue weighted by Crippen LogP contribution is -2.59. The Hall–Kier alpha value is -0.730. The molecule has 1 fully saturated rings. The normalized spacial score (nSPS) is 28.4. The van der Waals surface area contributed by atoms with Crippen LogP contribution < -0.4 is 0 Å². The van der Waals surface area contributed by atoms with Gasteiger partial charge in [-0.1, -0.05) is 58.3 Å². The van der Waals surface area contributed by atoms with Crippen LogP contribution in [0.15, 0.2) is 0 Å². The van der Waals surface area contributed by atoms with Crippen molar-refractivity contribution in [2.75, 3.05) is 6.61 Å². The molecule has 0 saturated carbocycles. The number of rotatable bonds is 14. The van der Waals surface area contributed by atoms with E-state index in [-0.39, 0.29) is 18.7 Å². The van der Waals surface area contributed by atoms with E-state index in [4.69, 9.17) is 15.6 Å². The van der Waals surface area contributed by atoms with Crippen LogP contribution in [0.1, 0.15) is 86.3 Å². The molecule has 0 spiro atoms. The van der Waals surface area contributed by atoms with Crippen molar-refractivity contribution in [2.45, 2.75) is 122 Å². The first-order valence-corrected chi connectivity index (χ1v) is 10.7. The summed E-state index contributed by atoms with van der Waals surface area (Å²) in [6.07, 6.45) is 3.65. The molecule has 5 atom stereocenters. The number of ether oxygens (including phenoxy) is 3. The Bertz CT molecular complexity index is 435. The van der Waals surface area contributed by atoms with E-state index in [1.165, 1.54) is 19.3 Å². The monoisotopic (exact) mass is 405 g/mol. The van der Waals surface area contributed by atoms with Crippen LogP contribution in [0.2, 0.25) is 0 Å². The Kier molecular flexibility index (Phi) is 12.0. The molecule has 0 radical (unpaired) electrons. The molecule has 7 nitrogen and oxygen atoms in total. The van der Waals surface area contributed by atoms with Crippen molar-refractivity contribution in [1.82, 2.24) is 0 Å². The molecule has 1 heterocycles. The maximum Gasteiger partial charge on any atom is 0.305 e. The molecule has 1 unspecified atom stereocenters. The molecule has 166 valence electrons. The van der Waals surface area contributed by atoms with Crippen molar-refractivity contribution >= 4 is 5.97 Å². The largest absolute Gasteiger partial charge is 0.463 e. The summed E-state index contributed by atoms with van der Waals surface area (Å²) in [4.78, 5) is 11.9. The maximum absolute atomic E-state index is 11.9. The second-order valence-corrected chi connectivity index (χ2v) is 7.81. The molecule has 0 bridgehead atoms. The molecule has 0 aromatic rings. The van der Waals surface area contributed by atoms with Crippen molar-refractivity contribution < 1.29 is 35.7 Å². The highest BCUT2D eigenvalue weighted by molar-refractivity contribution is 5.69. The van der Waals surface area contributed by atoms with Gasteiger partial charge in [0.1, 0.15) is 31.0 Å². The SMILES string of the molecule is [2H]CCCCCCCCCCCC(=O)OC[C@H]1OC(OC(C)C)[C@H](O)[C@@H](O)[C@@H]1O. The zero-order valence-corrected chi connectivity index (χ0v) is 17.4. The lowest BCUT2D eigenvalue weighted by Gasteiger charge is -2.40. The van der Waals surface area contributed by atoms with Gasteiger partial charge in [0, 0.05) is 7.79 Å². The molecule has 28 heavy (non-hydrogen) atoms. The van der Waals surface area contributed by atoms with Gasteiger partial charge in [0.2, 0.25) is 0 Å². The molecule has 0 aromatic heterocycles. The topological polar surface area (TPSA) is 105 Å². The third-order valence-electron chi connectivity index (χ3n) is 4.86. The van der Waals surface area contributed by atoms with Gasteiger partial charge in [-0.2, -0.15) is 0 Å². The van der Waals surface area contributed by atoms with Gasteiger partial charge >= 0.3 is 5.97 Å². The molecule has 1 aliphatic heterocycles. The molecule has 3 N–H and O–H groups in total. The first-order valence-electron chi connectivity index (χ1n) is 11.4. The number of carbonyl (C=O) groups excluding carboxylic acids is 1. The van der Waals surface area contributed by atoms with Crippen LogP contribution >= 0.6 is 0 Å². The Labute approximate surface area is 170 Å². The smallest absolute Gasteiger partial charge is 0.305 e. The fraction of sp³-hybridized carbons (Fsp3) is 0.952. The molecule has 1 aliphatic rings. The molecule has 0 amide bonds. The Morgan fingerprint density at radius 2 is 1.57 bits per heavy atom. The second kappa shape index (κ2) is 14.3. The highest BCUT2D eigenvalue weighted by atomic mass is 16.7. The Balaban J connectivity index is 2.15. The first kappa shape index (κ1) is 23.5. The number of carbonyl (C=O) groups is 1. The van der Waals surface area contributed by atoms with Crippen molar-refractivity contribution in [3.63, 3.8) is 0 Å². The Morgan fingerprint density at radius 1 is 0.964 bits per heavy atom. The minimum atomic E-state index is -1.43. The van der Waals surface area contributed by atoms with Crippen LogP contribution in [-0.4, -0.2) is 64.7 Å². The molecular weight excluding hydrogens is 364 g/mol. The van der Waals surface area contributed by atoms with E-state index in [0.29, 0.717) is 13.3 Å². The van der Waals surface area contributed by atoms with Crippen LogP contribution in [-0.2, 0) is 19.0 Å². The standard InChI is InChI=1S/C21H40O7/c1-4-5-6-7-8-9-10-11-12-13-17(22)26-14-16-18(23)19(24)20(25)21(28-16)27-15(2)3/h15-16,18-21,23-25H,4-14H2,1-3H3/t16-,18-,19+,20-,21?/m1/s1/i1D. The van der Waals surface area contributed by atoms with E-state index < -0.39 is 30.7 Å². The first-order chi connectivity index (χ1) is 13.9. The average molecular weight is 406 g/mol. The van der Waals surface area contributed by atoms with Gasteiger partial charge in [-0.25, -0.2) is 0 Å². The van der Waals surface area contributed by atoms with E-state index in [2.05, 4.69) is 0 Å². The van der Waals surface area contributed by atoms with Crippen molar-refractivity contribution in [3.05, 3.63) is 0 Å². The number of aliphatic hydroxyl groups is 3. The van der Waals surface area contributed by atoms with Gasteiger partial charge in [-0.05, 0) is 20.3 Å². The van der Waals surface area contributed by atoms with E-state index in [1.54, 1.807) is 13.8 Å². The number of hydrogen-bond donors (Lipinski definition) is 3. The van der Waals surface area contributed by atoms with E-state index >= 15 is 0 Å². The zero-order chi connectivity index (χ0) is 21.6. The quantitative estimate of drug-likeness (QED) is 0.301. The predicted octanol–water partition coefficient (Wildman–Crippen LogP) is 2.68. The van der Waals surface area contributed by atoms with Crippen molar-refractivity contribution in [2.24, 2.45) is 0 Å². The van der Waals surface area contributed by atoms with Crippen LogP contribution in [0.4, 0.5) is 0 Å². The zero-order valence-electron chi connectivity index (χ0n) is 18.4. The summed E-state index contributed by atoms with van der Waals surface area (Å²) in [5, 5.41) is 29.9. The summed E-state index contributed by atoms with van der Waals surface area (Å²) < 4.78 is 23.2. The number of unbranched alkanes of at least 4 members (excludes halogenated alkanes) is 8.